The summed E-state index contributed by atoms with van der Waals surface area (Å²) in [6.45, 7) is 1.03. The lowest BCUT2D eigenvalue weighted by Gasteiger charge is -2.12. The molecule has 1 amide bonds. The second kappa shape index (κ2) is 7.26. The molecule has 1 aromatic carbocycles. The van der Waals surface area contributed by atoms with Crippen LogP contribution in [0.25, 0.3) is 0 Å². The first-order valence-corrected chi connectivity index (χ1v) is 6.90. The average Bonchev–Trinajstić information content (AvgIpc) is 2.54. The van der Waals surface area contributed by atoms with Gasteiger partial charge in [-0.2, -0.15) is 0 Å². The van der Waals surface area contributed by atoms with Crippen LogP contribution in [0.5, 0.6) is 5.75 Å². The minimum atomic E-state index is -1.13. The van der Waals surface area contributed by atoms with Crippen LogP contribution in [-0.2, 0) is 9.59 Å². The number of anilines is 1. The molecule has 7 heteroatoms. The summed E-state index contributed by atoms with van der Waals surface area (Å²) in [6.07, 6.45) is 1.36. The number of pyridine rings is 1. The number of carbonyl (C=O) groups excluding carboxylic acids is 1. The number of para-hydroxylation sites is 1. The van der Waals surface area contributed by atoms with Gasteiger partial charge in [0.05, 0.1) is 0 Å². The highest BCUT2D eigenvalue weighted by Gasteiger charge is 2.16. The summed E-state index contributed by atoms with van der Waals surface area (Å²) in [4.78, 5) is 34.9. The number of carboxylic acid groups (broad SMARTS) is 1. The van der Waals surface area contributed by atoms with E-state index in [4.69, 9.17) is 9.84 Å². The van der Waals surface area contributed by atoms with E-state index in [1.165, 1.54) is 25.3 Å². The van der Waals surface area contributed by atoms with Crippen molar-refractivity contribution in [3.05, 3.63) is 59.0 Å². The van der Waals surface area contributed by atoms with Gasteiger partial charge in [-0.05, 0) is 31.2 Å². The van der Waals surface area contributed by atoms with Crippen LogP contribution in [0.4, 0.5) is 5.69 Å². The third-order valence-electron chi connectivity index (χ3n) is 3.13. The zero-order valence-electron chi connectivity index (χ0n) is 12.4. The Bertz CT molecular complexity index is 755. The number of carbonyl (C=O) groups is 2. The smallest absolute Gasteiger partial charge is 0.326 e. The first kappa shape index (κ1) is 16.3. The summed E-state index contributed by atoms with van der Waals surface area (Å²) in [7, 11) is 0. The molecule has 2 rings (SSSR count). The van der Waals surface area contributed by atoms with Gasteiger partial charge in [-0.1, -0.05) is 18.2 Å². The van der Waals surface area contributed by atoms with Crippen molar-refractivity contribution >= 4 is 17.6 Å². The molecule has 0 saturated heterocycles. The van der Waals surface area contributed by atoms with Crippen molar-refractivity contribution in [3.63, 3.8) is 0 Å². The van der Waals surface area contributed by atoms with E-state index >= 15 is 0 Å². The summed E-state index contributed by atoms with van der Waals surface area (Å²) in [6, 6.07) is 10.7. The number of aliphatic carboxylic acids is 1. The second-order valence-electron chi connectivity index (χ2n) is 4.80. The molecule has 0 bridgehead atoms. The second-order valence-corrected chi connectivity index (χ2v) is 4.80. The fourth-order valence-corrected chi connectivity index (χ4v) is 1.89. The Labute approximate surface area is 132 Å². The predicted octanol–water partition coefficient (Wildman–Crippen LogP) is 1.51. The fourth-order valence-electron chi connectivity index (χ4n) is 1.89. The largest absolute Gasteiger partial charge is 0.480 e. The van der Waals surface area contributed by atoms with Gasteiger partial charge < -0.3 is 15.2 Å². The Morgan fingerprint density at radius 1 is 1.22 bits per heavy atom. The maximum Gasteiger partial charge on any atom is 0.326 e. The van der Waals surface area contributed by atoms with Crippen LogP contribution in [0.2, 0.25) is 0 Å². The molecule has 1 aromatic heterocycles. The third-order valence-corrected chi connectivity index (χ3v) is 3.13. The van der Waals surface area contributed by atoms with Gasteiger partial charge in [-0.15, -0.1) is 0 Å². The van der Waals surface area contributed by atoms with E-state index in [-0.39, 0.29) is 12.4 Å². The van der Waals surface area contributed by atoms with E-state index in [9.17, 15) is 14.4 Å². The van der Waals surface area contributed by atoms with E-state index in [0.717, 1.165) is 4.57 Å². The number of benzene rings is 1. The van der Waals surface area contributed by atoms with Gasteiger partial charge in [-0.25, -0.2) is 4.79 Å². The zero-order valence-corrected chi connectivity index (χ0v) is 12.4. The summed E-state index contributed by atoms with van der Waals surface area (Å²) < 4.78 is 6.24. The lowest BCUT2D eigenvalue weighted by Crippen LogP contribution is -2.29. The molecule has 7 nitrogen and oxygen atoms in total. The maximum atomic E-state index is 12.1. The van der Waals surface area contributed by atoms with Crippen LogP contribution in [0.1, 0.15) is 13.0 Å². The number of nitrogens with one attached hydrogen (secondary N) is 1. The van der Waals surface area contributed by atoms with Crippen molar-refractivity contribution < 1.29 is 19.4 Å². The molecule has 0 aliphatic carbocycles. The van der Waals surface area contributed by atoms with E-state index in [1.807, 2.05) is 6.07 Å². The molecular weight excluding hydrogens is 300 g/mol. The van der Waals surface area contributed by atoms with Crippen LogP contribution >= 0.6 is 0 Å². The molecule has 120 valence electrons. The molecule has 0 aliphatic heterocycles. The SMILES string of the molecule is CC(C(=O)O)n1cccc(OCC(=O)Nc2ccccc2)c1=O. The zero-order chi connectivity index (χ0) is 16.8. The van der Waals surface area contributed by atoms with Gasteiger partial charge in [0.2, 0.25) is 0 Å². The molecule has 0 fully saturated rings. The first-order valence-electron chi connectivity index (χ1n) is 6.90. The van der Waals surface area contributed by atoms with Gasteiger partial charge in [0.15, 0.2) is 12.4 Å². The van der Waals surface area contributed by atoms with Crippen molar-refractivity contribution in [2.75, 3.05) is 11.9 Å². The number of ether oxygens (including phenoxy) is 1. The number of hydrogen-bond acceptors (Lipinski definition) is 4. The number of hydrogen-bond donors (Lipinski definition) is 2. The molecule has 1 unspecified atom stereocenters. The monoisotopic (exact) mass is 316 g/mol. The highest BCUT2D eigenvalue weighted by atomic mass is 16.5. The predicted molar refractivity (Wildman–Crippen MR) is 83.6 cm³/mol. The average molecular weight is 316 g/mol. The molecule has 0 spiro atoms. The van der Waals surface area contributed by atoms with E-state index < -0.39 is 23.5 Å². The Hall–Kier alpha value is -3.09. The number of carboxylic acids is 1. The van der Waals surface area contributed by atoms with Crippen LogP contribution in [-0.4, -0.2) is 28.2 Å². The molecule has 2 aromatic rings. The summed E-state index contributed by atoms with van der Waals surface area (Å²) >= 11 is 0. The molecular formula is C16H16N2O5. The molecule has 2 N–H and O–H groups in total. The van der Waals surface area contributed by atoms with Gasteiger partial charge in [-0.3, -0.25) is 14.2 Å². The van der Waals surface area contributed by atoms with Crippen LogP contribution in [0.3, 0.4) is 0 Å². The Kier molecular flexibility index (Phi) is 5.14. The minimum absolute atomic E-state index is 0.0798. The van der Waals surface area contributed by atoms with Crippen LogP contribution in [0, 0.1) is 0 Å². The molecule has 0 saturated carbocycles. The van der Waals surface area contributed by atoms with Crippen LogP contribution < -0.4 is 15.6 Å². The van der Waals surface area contributed by atoms with Crippen molar-refractivity contribution in [1.29, 1.82) is 0 Å². The Morgan fingerprint density at radius 2 is 1.91 bits per heavy atom. The van der Waals surface area contributed by atoms with Gasteiger partial charge in [0.1, 0.15) is 6.04 Å². The van der Waals surface area contributed by atoms with Gasteiger partial charge in [0, 0.05) is 11.9 Å². The van der Waals surface area contributed by atoms with Crippen LogP contribution in [0.15, 0.2) is 53.5 Å². The molecule has 0 aliphatic rings. The highest BCUT2D eigenvalue weighted by molar-refractivity contribution is 5.91. The molecule has 1 heterocycles. The minimum Gasteiger partial charge on any atom is -0.480 e. The topological polar surface area (TPSA) is 97.6 Å². The third kappa shape index (κ3) is 4.19. The van der Waals surface area contributed by atoms with Crippen molar-refractivity contribution in [3.8, 4) is 5.75 Å². The molecule has 1 atom stereocenters. The van der Waals surface area contributed by atoms with Gasteiger partial charge in [0.25, 0.3) is 11.5 Å². The summed E-state index contributed by atoms with van der Waals surface area (Å²) in [5.74, 6) is -1.63. The lowest BCUT2D eigenvalue weighted by atomic mass is 10.3. The van der Waals surface area contributed by atoms with E-state index in [0.29, 0.717) is 5.69 Å². The normalized spacial score (nSPS) is 11.5. The highest BCUT2D eigenvalue weighted by Crippen LogP contribution is 2.08. The Balaban J connectivity index is 2.03. The summed E-state index contributed by atoms with van der Waals surface area (Å²) in [5.41, 5.74) is 0.0148. The maximum absolute atomic E-state index is 12.1. The van der Waals surface area contributed by atoms with Crippen molar-refractivity contribution in [2.24, 2.45) is 0 Å². The van der Waals surface area contributed by atoms with Gasteiger partial charge >= 0.3 is 5.97 Å². The summed E-state index contributed by atoms with van der Waals surface area (Å²) in [5, 5.41) is 11.6. The van der Waals surface area contributed by atoms with Crippen molar-refractivity contribution in [2.45, 2.75) is 13.0 Å². The fraction of sp³-hybridized carbons (Fsp3) is 0.188. The number of aromatic nitrogens is 1. The van der Waals surface area contributed by atoms with E-state index in [1.54, 1.807) is 24.3 Å². The number of nitrogens with zero attached hydrogens (tertiary/aromatic N) is 1. The standard InChI is InChI=1S/C16H16N2O5/c1-11(16(21)22)18-9-5-8-13(15(18)20)23-10-14(19)17-12-6-3-2-4-7-12/h2-9,11H,10H2,1H3,(H,17,19)(H,21,22). The quantitative estimate of drug-likeness (QED) is 0.842. The molecule has 0 radical (unpaired) electrons. The first-order chi connectivity index (χ1) is 11.0. The van der Waals surface area contributed by atoms with Crippen molar-refractivity contribution in [1.82, 2.24) is 4.57 Å². The van der Waals surface area contributed by atoms with E-state index in [2.05, 4.69) is 5.32 Å². The number of rotatable bonds is 6. The lowest BCUT2D eigenvalue weighted by molar-refractivity contribution is -0.140. The molecule has 23 heavy (non-hydrogen) atoms. The Morgan fingerprint density at radius 3 is 2.57 bits per heavy atom. The number of amides is 1.